The van der Waals surface area contributed by atoms with Gasteiger partial charge in [-0.3, -0.25) is 0 Å². The third-order valence-electron chi connectivity index (χ3n) is 3.24. The van der Waals surface area contributed by atoms with Crippen molar-refractivity contribution in [2.45, 2.75) is 30.7 Å². The summed E-state index contributed by atoms with van der Waals surface area (Å²) in [6.45, 7) is -0.526. The van der Waals surface area contributed by atoms with E-state index in [0.29, 0.717) is 5.56 Å². The van der Waals surface area contributed by atoms with Gasteiger partial charge >= 0.3 is 0 Å². The van der Waals surface area contributed by atoms with Crippen LogP contribution in [-0.2, 0) is 4.74 Å². The Labute approximate surface area is 126 Å². The number of aliphatic hydroxyl groups is 4. The number of ether oxygens (including phenoxy) is 2. The molecule has 0 radical (unpaired) electrons. The zero-order valence-electron chi connectivity index (χ0n) is 11.0. The molecule has 1 aromatic carbocycles. The van der Waals surface area contributed by atoms with Gasteiger partial charge < -0.3 is 35.6 Å². The van der Waals surface area contributed by atoms with E-state index in [1.165, 1.54) is 0 Å². The molecule has 0 unspecified atom stereocenters. The Bertz CT molecular complexity index is 511. The minimum absolute atomic E-state index is 0.107. The fourth-order valence-electron chi connectivity index (χ4n) is 2.06. The molecule has 0 saturated carbocycles. The van der Waals surface area contributed by atoms with Gasteiger partial charge in [-0.2, -0.15) is 0 Å². The van der Waals surface area contributed by atoms with Crippen molar-refractivity contribution in [3.05, 3.63) is 29.8 Å². The highest BCUT2D eigenvalue weighted by atomic mass is 32.1. The summed E-state index contributed by atoms with van der Waals surface area (Å²) in [5, 5.41) is 38.4. The highest BCUT2D eigenvalue weighted by Gasteiger charge is 2.44. The number of nitrogens with two attached hydrogens (primary N) is 1. The molecule has 0 spiro atoms. The molecule has 8 heteroatoms. The van der Waals surface area contributed by atoms with Crippen LogP contribution in [0.1, 0.15) is 5.56 Å². The Morgan fingerprint density at radius 3 is 2.48 bits per heavy atom. The standard InChI is InChI=1S/C13H17NO6S/c14-12(21)6-3-1-2-4-7(6)19-13-11(18)10(17)9(16)8(5-15)20-13/h1-4,8-11,13,15-18H,5H2,(H2,14,21)/t8-,9+,10+,11-,13-/m1/s1. The average molecular weight is 315 g/mol. The van der Waals surface area contributed by atoms with Gasteiger partial charge in [-0.1, -0.05) is 24.4 Å². The van der Waals surface area contributed by atoms with Gasteiger partial charge in [0.15, 0.2) is 0 Å². The first kappa shape index (κ1) is 16.1. The second-order valence-electron chi connectivity index (χ2n) is 4.68. The number of hydrogen-bond acceptors (Lipinski definition) is 7. The molecule has 1 aromatic rings. The van der Waals surface area contributed by atoms with Crippen LogP contribution in [0.25, 0.3) is 0 Å². The maximum Gasteiger partial charge on any atom is 0.229 e. The van der Waals surface area contributed by atoms with Crippen molar-refractivity contribution in [3.8, 4) is 5.75 Å². The van der Waals surface area contributed by atoms with Gasteiger partial charge in [-0.25, -0.2) is 0 Å². The molecule has 0 bridgehead atoms. The molecule has 0 aliphatic carbocycles. The molecule has 2 rings (SSSR count). The number of aliphatic hydroxyl groups excluding tert-OH is 4. The van der Waals surface area contributed by atoms with E-state index in [9.17, 15) is 15.3 Å². The van der Waals surface area contributed by atoms with Crippen molar-refractivity contribution in [3.63, 3.8) is 0 Å². The lowest BCUT2D eigenvalue weighted by Crippen LogP contribution is -2.60. The van der Waals surface area contributed by atoms with E-state index in [2.05, 4.69) is 0 Å². The van der Waals surface area contributed by atoms with Gasteiger partial charge in [0.2, 0.25) is 6.29 Å². The first-order chi connectivity index (χ1) is 9.95. The lowest BCUT2D eigenvalue weighted by Gasteiger charge is -2.39. The van der Waals surface area contributed by atoms with Crippen LogP contribution in [0.4, 0.5) is 0 Å². The summed E-state index contributed by atoms with van der Waals surface area (Å²) >= 11 is 4.90. The van der Waals surface area contributed by atoms with Crippen LogP contribution >= 0.6 is 12.2 Å². The Hall–Kier alpha value is -1.29. The molecule has 0 amide bonds. The van der Waals surface area contributed by atoms with Crippen LogP contribution in [0.15, 0.2) is 24.3 Å². The molecule has 1 aliphatic heterocycles. The summed E-state index contributed by atoms with van der Waals surface area (Å²) < 4.78 is 10.7. The molecule has 1 aliphatic rings. The summed E-state index contributed by atoms with van der Waals surface area (Å²) in [6.07, 6.45) is -6.72. The van der Waals surface area contributed by atoms with E-state index in [4.69, 9.17) is 32.5 Å². The van der Waals surface area contributed by atoms with Crippen LogP contribution in [0.2, 0.25) is 0 Å². The minimum atomic E-state index is -1.50. The smallest absolute Gasteiger partial charge is 0.229 e. The predicted molar refractivity (Wildman–Crippen MR) is 76.7 cm³/mol. The molecule has 7 nitrogen and oxygen atoms in total. The SMILES string of the molecule is NC(=S)c1ccccc1O[C@@H]1O[C@H](CO)[C@H](O)[C@H](O)[C@H]1O. The summed E-state index contributed by atoms with van der Waals surface area (Å²) in [5.41, 5.74) is 6.02. The molecule has 0 aromatic heterocycles. The zero-order chi connectivity index (χ0) is 15.6. The molecular weight excluding hydrogens is 298 g/mol. The van der Waals surface area contributed by atoms with E-state index in [0.717, 1.165) is 0 Å². The fourth-order valence-corrected chi connectivity index (χ4v) is 2.23. The van der Waals surface area contributed by atoms with E-state index in [1.54, 1.807) is 24.3 Å². The lowest BCUT2D eigenvalue weighted by atomic mass is 9.99. The second kappa shape index (κ2) is 6.65. The van der Waals surface area contributed by atoms with Crippen molar-refractivity contribution in [2.24, 2.45) is 5.73 Å². The van der Waals surface area contributed by atoms with Crippen molar-refractivity contribution in [1.82, 2.24) is 0 Å². The van der Waals surface area contributed by atoms with Gasteiger partial charge in [-0.05, 0) is 12.1 Å². The summed E-state index contributed by atoms with van der Waals surface area (Å²) in [4.78, 5) is 0.107. The molecule has 1 saturated heterocycles. The highest BCUT2D eigenvalue weighted by molar-refractivity contribution is 7.80. The van der Waals surface area contributed by atoms with Gasteiger partial charge in [-0.15, -0.1) is 0 Å². The normalized spacial score (nSPS) is 32.7. The summed E-state index contributed by atoms with van der Waals surface area (Å²) in [5.74, 6) is 0.273. The molecule has 116 valence electrons. The average Bonchev–Trinajstić information content (AvgIpc) is 2.48. The van der Waals surface area contributed by atoms with Gasteiger partial charge in [0.25, 0.3) is 0 Å². The first-order valence-corrected chi connectivity index (χ1v) is 6.72. The number of hydrogen-bond donors (Lipinski definition) is 5. The minimum Gasteiger partial charge on any atom is -0.461 e. The zero-order valence-corrected chi connectivity index (χ0v) is 11.8. The molecular formula is C13H17NO6S. The Balaban J connectivity index is 2.20. The number of rotatable bonds is 4. The maximum atomic E-state index is 9.91. The summed E-state index contributed by atoms with van der Waals surface area (Å²) in [6, 6.07) is 6.62. The third kappa shape index (κ3) is 3.31. The molecule has 5 atom stereocenters. The van der Waals surface area contributed by atoms with E-state index >= 15 is 0 Å². The Morgan fingerprint density at radius 2 is 1.86 bits per heavy atom. The van der Waals surface area contributed by atoms with Gasteiger partial charge in [0.05, 0.1) is 12.2 Å². The maximum absolute atomic E-state index is 9.91. The first-order valence-electron chi connectivity index (χ1n) is 6.31. The van der Waals surface area contributed by atoms with Gasteiger partial charge in [0.1, 0.15) is 35.2 Å². The van der Waals surface area contributed by atoms with E-state index in [-0.39, 0.29) is 10.7 Å². The van der Waals surface area contributed by atoms with Crippen LogP contribution in [0, 0.1) is 0 Å². The topological polar surface area (TPSA) is 125 Å². The van der Waals surface area contributed by atoms with Crippen LogP contribution in [0.5, 0.6) is 5.75 Å². The van der Waals surface area contributed by atoms with Crippen molar-refractivity contribution < 1.29 is 29.9 Å². The van der Waals surface area contributed by atoms with Crippen molar-refractivity contribution in [1.29, 1.82) is 0 Å². The largest absolute Gasteiger partial charge is 0.461 e. The molecule has 21 heavy (non-hydrogen) atoms. The van der Waals surface area contributed by atoms with Crippen LogP contribution in [-0.4, -0.2) is 62.7 Å². The van der Waals surface area contributed by atoms with Crippen LogP contribution in [0.3, 0.4) is 0 Å². The number of para-hydroxylation sites is 1. The monoisotopic (exact) mass is 315 g/mol. The third-order valence-corrected chi connectivity index (χ3v) is 3.46. The highest BCUT2D eigenvalue weighted by Crippen LogP contribution is 2.26. The second-order valence-corrected chi connectivity index (χ2v) is 5.12. The quantitative estimate of drug-likeness (QED) is 0.425. The Kier molecular flexibility index (Phi) is 5.09. The Morgan fingerprint density at radius 1 is 1.19 bits per heavy atom. The van der Waals surface area contributed by atoms with E-state index < -0.39 is 37.3 Å². The van der Waals surface area contributed by atoms with Crippen molar-refractivity contribution >= 4 is 17.2 Å². The van der Waals surface area contributed by atoms with Gasteiger partial charge in [0, 0.05) is 0 Å². The summed E-state index contributed by atoms with van der Waals surface area (Å²) in [7, 11) is 0. The predicted octanol–water partition coefficient (Wildman–Crippen LogP) is -1.50. The fraction of sp³-hybridized carbons (Fsp3) is 0.462. The molecule has 1 heterocycles. The molecule has 6 N–H and O–H groups in total. The van der Waals surface area contributed by atoms with Crippen molar-refractivity contribution in [2.75, 3.05) is 6.61 Å². The molecule has 1 fully saturated rings. The van der Waals surface area contributed by atoms with Crippen LogP contribution < -0.4 is 10.5 Å². The number of thiocarbonyl (C=S) groups is 1. The lowest BCUT2D eigenvalue weighted by molar-refractivity contribution is -0.277. The number of benzene rings is 1. The van der Waals surface area contributed by atoms with E-state index in [1.807, 2.05) is 0 Å².